The van der Waals surface area contributed by atoms with Crippen molar-refractivity contribution < 1.29 is 9.53 Å². The Hall–Kier alpha value is -1.66. The van der Waals surface area contributed by atoms with E-state index in [0.29, 0.717) is 18.3 Å². The first-order valence-corrected chi connectivity index (χ1v) is 7.97. The van der Waals surface area contributed by atoms with Gasteiger partial charge in [0.1, 0.15) is 11.5 Å². The number of carbonyl (C=O) groups excluding carboxylic acids is 1. The van der Waals surface area contributed by atoms with E-state index in [-0.39, 0.29) is 5.91 Å². The summed E-state index contributed by atoms with van der Waals surface area (Å²) in [5.74, 6) is 0.616. The third kappa shape index (κ3) is 5.61. The van der Waals surface area contributed by atoms with Crippen LogP contribution in [0.25, 0.3) is 0 Å². The monoisotopic (exact) mass is 306 g/mol. The standard InChI is InChI=1S/C16H26N4O2/c1-13(2)18-15-6-3-5-14(19-15)16(21)17-7-4-8-20-9-11-22-12-10-20/h3,5-6,13H,4,7-12H2,1-2H3,(H,17,21)(H,18,19). The average Bonchev–Trinajstić information content (AvgIpc) is 2.52. The molecule has 2 heterocycles. The second-order valence-corrected chi connectivity index (χ2v) is 5.77. The van der Waals surface area contributed by atoms with Gasteiger partial charge in [0, 0.05) is 25.7 Å². The number of pyridine rings is 1. The molecule has 0 radical (unpaired) electrons. The van der Waals surface area contributed by atoms with E-state index in [1.165, 1.54) is 0 Å². The molecule has 0 saturated carbocycles. The Morgan fingerprint density at radius 1 is 1.36 bits per heavy atom. The summed E-state index contributed by atoms with van der Waals surface area (Å²) in [6.45, 7) is 9.33. The number of carbonyl (C=O) groups is 1. The van der Waals surface area contributed by atoms with Crippen LogP contribution in [0.5, 0.6) is 0 Å². The molecule has 22 heavy (non-hydrogen) atoms. The second kappa shape index (κ2) is 8.70. The number of anilines is 1. The van der Waals surface area contributed by atoms with Crippen LogP contribution in [0.2, 0.25) is 0 Å². The van der Waals surface area contributed by atoms with Gasteiger partial charge in [0.25, 0.3) is 5.91 Å². The molecule has 1 aliphatic rings. The van der Waals surface area contributed by atoms with Gasteiger partial charge >= 0.3 is 0 Å². The number of rotatable bonds is 7. The van der Waals surface area contributed by atoms with Crippen LogP contribution in [0.4, 0.5) is 5.82 Å². The third-order valence-corrected chi connectivity index (χ3v) is 3.46. The highest BCUT2D eigenvalue weighted by atomic mass is 16.5. The van der Waals surface area contributed by atoms with Crippen molar-refractivity contribution in [3.05, 3.63) is 23.9 Å². The molecule has 1 aromatic rings. The van der Waals surface area contributed by atoms with E-state index >= 15 is 0 Å². The molecule has 2 rings (SSSR count). The minimum Gasteiger partial charge on any atom is -0.379 e. The van der Waals surface area contributed by atoms with Crippen LogP contribution in [0.1, 0.15) is 30.8 Å². The smallest absolute Gasteiger partial charge is 0.269 e. The van der Waals surface area contributed by atoms with Crippen molar-refractivity contribution in [1.29, 1.82) is 0 Å². The van der Waals surface area contributed by atoms with Crippen molar-refractivity contribution in [1.82, 2.24) is 15.2 Å². The SMILES string of the molecule is CC(C)Nc1cccc(C(=O)NCCCN2CCOCC2)n1. The van der Waals surface area contributed by atoms with Crippen LogP contribution in [-0.4, -0.2) is 61.2 Å². The zero-order valence-corrected chi connectivity index (χ0v) is 13.5. The average molecular weight is 306 g/mol. The molecule has 0 bridgehead atoms. The summed E-state index contributed by atoms with van der Waals surface area (Å²) in [4.78, 5) is 18.8. The van der Waals surface area contributed by atoms with Crippen molar-refractivity contribution >= 4 is 11.7 Å². The summed E-state index contributed by atoms with van der Waals surface area (Å²) in [6, 6.07) is 5.75. The highest BCUT2D eigenvalue weighted by Crippen LogP contribution is 2.06. The maximum atomic E-state index is 12.1. The Bertz CT molecular complexity index is 473. The van der Waals surface area contributed by atoms with Gasteiger partial charge in [0.2, 0.25) is 0 Å². The Labute approximate surface area is 132 Å². The van der Waals surface area contributed by atoms with Gasteiger partial charge in [-0.1, -0.05) is 6.07 Å². The van der Waals surface area contributed by atoms with Gasteiger partial charge in [-0.25, -0.2) is 4.98 Å². The van der Waals surface area contributed by atoms with Crippen molar-refractivity contribution in [2.45, 2.75) is 26.3 Å². The van der Waals surface area contributed by atoms with Gasteiger partial charge < -0.3 is 15.4 Å². The quantitative estimate of drug-likeness (QED) is 0.745. The molecule has 1 aliphatic heterocycles. The van der Waals surface area contributed by atoms with Crippen LogP contribution in [0, 0.1) is 0 Å². The van der Waals surface area contributed by atoms with Crippen LogP contribution in [0.3, 0.4) is 0 Å². The lowest BCUT2D eigenvalue weighted by molar-refractivity contribution is 0.0374. The Kier molecular flexibility index (Phi) is 6.61. The molecule has 0 atom stereocenters. The lowest BCUT2D eigenvalue weighted by Crippen LogP contribution is -2.38. The predicted octanol–water partition coefficient (Wildman–Crippen LogP) is 1.35. The van der Waals surface area contributed by atoms with Crippen molar-refractivity contribution in [3.8, 4) is 0 Å². The molecule has 6 heteroatoms. The van der Waals surface area contributed by atoms with E-state index < -0.39 is 0 Å². The van der Waals surface area contributed by atoms with E-state index in [1.807, 2.05) is 26.0 Å². The zero-order valence-electron chi connectivity index (χ0n) is 13.5. The van der Waals surface area contributed by atoms with Gasteiger partial charge in [0.05, 0.1) is 13.2 Å². The van der Waals surface area contributed by atoms with Gasteiger partial charge in [0.15, 0.2) is 0 Å². The fraction of sp³-hybridized carbons (Fsp3) is 0.625. The lowest BCUT2D eigenvalue weighted by atomic mass is 10.3. The Morgan fingerprint density at radius 3 is 2.86 bits per heavy atom. The molecule has 0 aromatic carbocycles. The first-order valence-electron chi connectivity index (χ1n) is 7.97. The summed E-state index contributed by atoms with van der Waals surface area (Å²) in [5.41, 5.74) is 0.456. The van der Waals surface area contributed by atoms with Gasteiger partial charge in [-0.2, -0.15) is 0 Å². The van der Waals surface area contributed by atoms with E-state index in [1.54, 1.807) is 6.07 Å². The summed E-state index contributed by atoms with van der Waals surface area (Å²) >= 11 is 0. The van der Waals surface area contributed by atoms with Crippen molar-refractivity contribution in [2.75, 3.05) is 44.7 Å². The highest BCUT2D eigenvalue weighted by Gasteiger charge is 2.11. The summed E-state index contributed by atoms with van der Waals surface area (Å²) in [7, 11) is 0. The van der Waals surface area contributed by atoms with Gasteiger partial charge in [-0.3, -0.25) is 9.69 Å². The van der Waals surface area contributed by atoms with Crippen molar-refractivity contribution in [2.24, 2.45) is 0 Å². The summed E-state index contributed by atoms with van der Waals surface area (Å²) in [6.07, 6.45) is 0.940. The molecule has 1 fully saturated rings. The highest BCUT2D eigenvalue weighted by molar-refractivity contribution is 5.92. The van der Waals surface area contributed by atoms with Crippen LogP contribution < -0.4 is 10.6 Å². The van der Waals surface area contributed by atoms with E-state index in [4.69, 9.17) is 4.74 Å². The van der Waals surface area contributed by atoms with E-state index in [2.05, 4.69) is 20.5 Å². The maximum Gasteiger partial charge on any atom is 0.269 e. The lowest BCUT2D eigenvalue weighted by Gasteiger charge is -2.26. The first kappa shape index (κ1) is 16.7. The van der Waals surface area contributed by atoms with Crippen LogP contribution in [0.15, 0.2) is 18.2 Å². The number of amides is 1. The molecule has 1 aromatic heterocycles. The topological polar surface area (TPSA) is 66.5 Å². The summed E-state index contributed by atoms with van der Waals surface area (Å²) < 4.78 is 5.32. The normalized spacial score (nSPS) is 15.8. The molecule has 1 saturated heterocycles. The number of hydrogen-bond acceptors (Lipinski definition) is 5. The van der Waals surface area contributed by atoms with E-state index in [9.17, 15) is 4.79 Å². The largest absolute Gasteiger partial charge is 0.379 e. The number of ether oxygens (including phenoxy) is 1. The van der Waals surface area contributed by atoms with Crippen LogP contribution >= 0.6 is 0 Å². The maximum absolute atomic E-state index is 12.1. The molecule has 6 nitrogen and oxygen atoms in total. The molecule has 1 amide bonds. The zero-order chi connectivity index (χ0) is 15.8. The first-order chi connectivity index (χ1) is 10.6. The number of aromatic nitrogens is 1. The number of morpholine rings is 1. The molecule has 0 spiro atoms. The fourth-order valence-electron chi connectivity index (χ4n) is 2.36. The number of hydrogen-bond donors (Lipinski definition) is 2. The predicted molar refractivity (Wildman–Crippen MR) is 87.2 cm³/mol. The van der Waals surface area contributed by atoms with Crippen LogP contribution in [-0.2, 0) is 4.74 Å². The molecule has 0 aliphatic carbocycles. The number of nitrogens with zero attached hydrogens (tertiary/aromatic N) is 2. The molecule has 122 valence electrons. The van der Waals surface area contributed by atoms with Crippen molar-refractivity contribution in [3.63, 3.8) is 0 Å². The minimum absolute atomic E-state index is 0.116. The Balaban J connectivity index is 1.72. The fourth-order valence-corrected chi connectivity index (χ4v) is 2.36. The molecular formula is C16H26N4O2. The summed E-state index contributed by atoms with van der Waals surface area (Å²) in [5, 5.41) is 6.13. The van der Waals surface area contributed by atoms with E-state index in [0.717, 1.165) is 45.1 Å². The molecule has 2 N–H and O–H groups in total. The molecular weight excluding hydrogens is 280 g/mol. The Morgan fingerprint density at radius 2 is 2.14 bits per heavy atom. The minimum atomic E-state index is -0.116. The third-order valence-electron chi connectivity index (χ3n) is 3.46. The second-order valence-electron chi connectivity index (χ2n) is 5.77. The van der Waals surface area contributed by atoms with Gasteiger partial charge in [-0.15, -0.1) is 0 Å². The molecule has 0 unspecified atom stereocenters. The van der Waals surface area contributed by atoms with Gasteiger partial charge in [-0.05, 0) is 38.9 Å². The number of nitrogens with one attached hydrogen (secondary N) is 2.